The molecule has 1 aromatic carbocycles. The predicted octanol–water partition coefficient (Wildman–Crippen LogP) is 2.63. The molecule has 18 heavy (non-hydrogen) atoms. The molecule has 0 amide bonds. The van der Waals surface area contributed by atoms with Crippen LogP contribution in [0.1, 0.15) is 5.69 Å². The van der Waals surface area contributed by atoms with E-state index in [1.54, 1.807) is 22.6 Å². The largest absolute Gasteiger partial charge is 0.390 e. The lowest BCUT2D eigenvalue weighted by Crippen LogP contribution is -1.91. The highest BCUT2D eigenvalue weighted by atomic mass is 19.1. The Kier molecular flexibility index (Phi) is 2.57. The molecule has 2 aromatic heterocycles. The van der Waals surface area contributed by atoms with E-state index in [1.165, 1.54) is 6.07 Å². The Morgan fingerprint density at radius 2 is 1.89 bits per heavy atom. The van der Waals surface area contributed by atoms with Crippen LogP contribution in [0.4, 0.5) is 4.39 Å². The third kappa shape index (κ3) is 1.58. The number of aliphatic hydroxyl groups is 1. The van der Waals surface area contributed by atoms with Gasteiger partial charge in [-0.2, -0.15) is 0 Å². The first-order valence-corrected chi connectivity index (χ1v) is 5.63. The summed E-state index contributed by atoms with van der Waals surface area (Å²) in [5, 5.41) is 9.30. The smallest absolute Gasteiger partial charge is 0.147 e. The average molecular weight is 242 g/mol. The van der Waals surface area contributed by atoms with Crippen molar-refractivity contribution in [3.05, 3.63) is 60.2 Å². The van der Waals surface area contributed by atoms with Gasteiger partial charge in [0.25, 0.3) is 0 Å². The molecule has 0 radical (unpaired) electrons. The van der Waals surface area contributed by atoms with Gasteiger partial charge in [-0.1, -0.05) is 18.2 Å². The van der Waals surface area contributed by atoms with Crippen molar-refractivity contribution in [3.8, 4) is 11.4 Å². The molecule has 0 bridgehead atoms. The third-order valence-corrected chi connectivity index (χ3v) is 2.89. The Bertz CT molecular complexity index is 706. The zero-order valence-electron chi connectivity index (χ0n) is 9.55. The normalized spacial score (nSPS) is 11.0. The molecule has 1 N–H and O–H groups in total. The standard InChI is InChI=1S/C14H11FN2O/c15-11-6-2-1-5-10(11)14-16-12(9-18)13-7-3-4-8-17(13)14/h1-8,18H,9H2. The van der Waals surface area contributed by atoms with Crippen LogP contribution < -0.4 is 0 Å². The van der Waals surface area contributed by atoms with E-state index in [0.29, 0.717) is 17.1 Å². The van der Waals surface area contributed by atoms with Crippen LogP contribution in [-0.4, -0.2) is 14.5 Å². The molecule has 0 spiro atoms. The molecule has 0 aliphatic heterocycles. The van der Waals surface area contributed by atoms with E-state index in [-0.39, 0.29) is 12.4 Å². The molecule has 3 rings (SSSR count). The molecular formula is C14H11FN2O. The highest BCUT2D eigenvalue weighted by molar-refractivity contribution is 5.65. The van der Waals surface area contributed by atoms with Gasteiger partial charge in [-0.3, -0.25) is 4.40 Å². The molecule has 4 heteroatoms. The summed E-state index contributed by atoms with van der Waals surface area (Å²) >= 11 is 0. The molecule has 2 heterocycles. The van der Waals surface area contributed by atoms with E-state index >= 15 is 0 Å². The van der Waals surface area contributed by atoms with Gasteiger partial charge in [0.2, 0.25) is 0 Å². The molecular weight excluding hydrogens is 231 g/mol. The number of halogens is 1. The molecule has 0 atom stereocenters. The summed E-state index contributed by atoms with van der Waals surface area (Å²) in [5.74, 6) is 0.186. The molecule has 0 fully saturated rings. The second-order valence-electron chi connectivity index (χ2n) is 3.98. The number of fused-ring (bicyclic) bond motifs is 1. The van der Waals surface area contributed by atoms with Gasteiger partial charge in [0.1, 0.15) is 11.6 Å². The first kappa shape index (κ1) is 10.9. The van der Waals surface area contributed by atoms with Gasteiger partial charge in [-0.25, -0.2) is 9.37 Å². The number of hydrogen-bond donors (Lipinski definition) is 1. The molecule has 0 aliphatic carbocycles. The van der Waals surface area contributed by atoms with Crippen molar-refractivity contribution in [2.45, 2.75) is 6.61 Å². The summed E-state index contributed by atoms with van der Waals surface area (Å²) < 4.78 is 15.6. The summed E-state index contributed by atoms with van der Waals surface area (Å²) in [7, 11) is 0. The van der Waals surface area contributed by atoms with Gasteiger partial charge in [0.15, 0.2) is 0 Å². The van der Waals surface area contributed by atoms with Gasteiger partial charge >= 0.3 is 0 Å². The van der Waals surface area contributed by atoms with Crippen molar-refractivity contribution in [1.82, 2.24) is 9.38 Å². The van der Waals surface area contributed by atoms with Crippen molar-refractivity contribution in [3.63, 3.8) is 0 Å². The minimum absolute atomic E-state index is 0.165. The Hall–Kier alpha value is -2.20. The third-order valence-electron chi connectivity index (χ3n) is 2.89. The van der Waals surface area contributed by atoms with Gasteiger partial charge in [0.05, 0.1) is 23.4 Å². The second kappa shape index (κ2) is 4.23. The average Bonchev–Trinajstić information content (AvgIpc) is 2.78. The quantitative estimate of drug-likeness (QED) is 0.750. The van der Waals surface area contributed by atoms with Crippen molar-refractivity contribution in [2.75, 3.05) is 0 Å². The Balaban J connectivity index is 2.33. The summed E-state index contributed by atoms with van der Waals surface area (Å²) in [5.41, 5.74) is 1.77. The Labute approximate surface area is 103 Å². The SMILES string of the molecule is OCc1nc(-c2ccccc2F)n2ccccc12. The minimum Gasteiger partial charge on any atom is -0.390 e. The zero-order valence-corrected chi connectivity index (χ0v) is 9.55. The van der Waals surface area contributed by atoms with E-state index in [4.69, 9.17) is 0 Å². The van der Waals surface area contributed by atoms with Crippen LogP contribution in [0.25, 0.3) is 16.9 Å². The van der Waals surface area contributed by atoms with Crippen LogP contribution in [0, 0.1) is 5.82 Å². The van der Waals surface area contributed by atoms with Crippen LogP contribution in [0.5, 0.6) is 0 Å². The maximum atomic E-state index is 13.8. The number of rotatable bonds is 2. The first-order chi connectivity index (χ1) is 8.81. The van der Waals surface area contributed by atoms with Crippen LogP contribution in [0.2, 0.25) is 0 Å². The van der Waals surface area contributed by atoms with Crippen LogP contribution >= 0.6 is 0 Å². The van der Waals surface area contributed by atoms with Gasteiger partial charge in [-0.15, -0.1) is 0 Å². The highest BCUT2D eigenvalue weighted by Crippen LogP contribution is 2.24. The molecule has 0 aliphatic rings. The lowest BCUT2D eigenvalue weighted by atomic mass is 10.2. The fourth-order valence-corrected chi connectivity index (χ4v) is 2.05. The fraction of sp³-hybridized carbons (Fsp3) is 0.0714. The Morgan fingerprint density at radius 1 is 1.11 bits per heavy atom. The highest BCUT2D eigenvalue weighted by Gasteiger charge is 2.14. The van der Waals surface area contributed by atoms with Gasteiger partial charge < -0.3 is 5.11 Å². The predicted molar refractivity (Wildman–Crippen MR) is 66.5 cm³/mol. The number of imidazole rings is 1. The maximum absolute atomic E-state index is 13.8. The number of pyridine rings is 1. The number of hydrogen-bond acceptors (Lipinski definition) is 2. The van der Waals surface area contributed by atoms with Crippen LogP contribution in [0.3, 0.4) is 0 Å². The van der Waals surface area contributed by atoms with Crippen molar-refractivity contribution < 1.29 is 9.50 Å². The zero-order chi connectivity index (χ0) is 12.5. The van der Waals surface area contributed by atoms with E-state index < -0.39 is 0 Å². The molecule has 0 saturated carbocycles. The Morgan fingerprint density at radius 3 is 2.67 bits per heavy atom. The molecule has 0 saturated heterocycles. The monoisotopic (exact) mass is 242 g/mol. The molecule has 3 nitrogen and oxygen atoms in total. The first-order valence-electron chi connectivity index (χ1n) is 5.63. The van der Waals surface area contributed by atoms with Crippen LogP contribution in [-0.2, 0) is 6.61 Å². The topological polar surface area (TPSA) is 37.5 Å². The van der Waals surface area contributed by atoms with E-state index in [1.807, 2.05) is 24.4 Å². The number of benzene rings is 1. The van der Waals surface area contributed by atoms with Crippen molar-refractivity contribution in [2.24, 2.45) is 0 Å². The van der Waals surface area contributed by atoms with Gasteiger partial charge in [-0.05, 0) is 24.3 Å². The lowest BCUT2D eigenvalue weighted by molar-refractivity contribution is 0.279. The van der Waals surface area contributed by atoms with E-state index in [9.17, 15) is 9.50 Å². The van der Waals surface area contributed by atoms with Crippen LogP contribution in [0.15, 0.2) is 48.7 Å². The maximum Gasteiger partial charge on any atom is 0.147 e. The summed E-state index contributed by atoms with van der Waals surface area (Å²) in [4.78, 5) is 4.31. The minimum atomic E-state index is -0.322. The number of aliphatic hydroxyl groups excluding tert-OH is 1. The second-order valence-corrected chi connectivity index (χ2v) is 3.98. The summed E-state index contributed by atoms with van der Waals surface area (Å²) in [6, 6.07) is 12.0. The van der Waals surface area contributed by atoms with E-state index in [2.05, 4.69) is 4.98 Å². The molecule has 90 valence electrons. The van der Waals surface area contributed by atoms with Crippen molar-refractivity contribution in [1.29, 1.82) is 0 Å². The summed E-state index contributed by atoms with van der Waals surface area (Å²) in [6.45, 7) is -0.165. The lowest BCUT2D eigenvalue weighted by Gasteiger charge is -2.01. The molecule has 3 aromatic rings. The summed E-state index contributed by atoms with van der Waals surface area (Å²) in [6.07, 6.45) is 1.81. The van der Waals surface area contributed by atoms with Crippen molar-refractivity contribution >= 4 is 5.52 Å². The number of aromatic nitrogens is 2. The fourth-order valence-electron chi connectivity index (χ4n) is 2.05. The molecule has 0 unspecified atom stereocenters. The van der Waals surface area contributed by atoms with E-state index in [0.717, 1.165) is 5.52 Å². The number of nitrogens with zero attached hydrogens (tertiary/aromatic N) is 2. The van der Waals surface area contributed by atoms with Gasteiger partial charge in [0, 0.05) is 6.20 Å².